The number of benzene rings is 1. The van der Waals surface area contributed by atoms with Gasteiger partial charge in [0, 0.05) is 18.0 Å². The molecule has 2 aromatic rings. The van der Waals surface area contributed by atoms with E-state index in [4.69, 9.17) is 15.2 Å². The second kappa shape index (κ2) is 5.96. The molecule has 1 aromatic carbocycles. The normalized spacial score (nSPS) is 10.1. The molecular formula is C13H16N4O3. The van der Waals surface area contributed by atoms with Gasteiger partial charge in [-0.2, -0.15) is 5.10 Å². The van der Waals surface area contributed by atoms with Crippen molar-refractivity contribution in [1.82, 2.24) is 9.78 Å². The van der Waals surface area contributed by atoms with E-state index in [9.17, 15) is 4.79 Å². The first kappa shape index (κ1) is 13.7. The van der Waals surface area contributed by atoms with Gasteiger partial charge in [0.05, 0.1) is 26.1 Å². The summed E-state index contributed by atoms with van der Waals surface area (Å²) in [6, 6.07) is 5.14. The molecule has 0 fully saturated rings. The van der Waals surface area contributed by atoms with Crippen molar-refractivity contribution in [2.45, 2.75) is 6.54 Å². The number of nitrogens with two attached hydrogens (primary N) is 1. The zero-order valence-electron chi connectivity index (χ0n) is 11.3. The number of hydrogen-bond donors (Lipinski definition) is 2. The van der Waals surface area contributed by atoms with Crippen molar-refractivity contribution in [2.24, 2.45) is 0 Å². The summed E-state index contributed by atoms with van der Waals surface area (Å²) in [5, 5.41) is 6.69. The van der Waals surface area contributed by atoms with Gasteiger partial charge >= 0.3 is 0 Å². The molecule has 1 amide bonds. The summed E-state index contributed by atoms with van der Waals surface area (Å²) in [5.74, 6) is 0.944. The van der Waals surface area contributed by atoms with Crippen LogP contribution in [0.3, 0.4) is 0 Å². The van der Waals surface area contributed by atoms with Gasteiger partial charge in [-0.25, -0.2) is 0 Å². The summed E-state index contributed by atoms with van der Waals surface area (Å²) < 4.78 is 11.8. The standard InChI is InChI=1S/C13H16N4O3/c1-19-11-4-3-10(5-12(11)20-2)16-13(18)8-17-7-9(14)6-15-17/h3-7H,8,14H2,1-2H3,(H,16,18). The molecule has 2 rings (SSSR count). The lowest BCUT2D eigenvalue weighted by Gasteiger charge is -2.10. The molecule has 1 aromatic heterocycles. The number of hydrogen-bond acceptors (Lipinski definition) is 5. The van der Waals surface area contributed by atoms with Crippen LogP contribution in [-0.4, -0.2) is 29.9 Å². The minimum Gasteiger partial charge on any atom is -0.493 e. The first-order valence-corrected chi connectivity index (χ1v) is 5.92. The molecule has 0 saturated heterocycles. The van der Waals surface area contributed by atoms with E-state index in [-0.39, 0.29) is 12.5 Å². The number of nitrogens with zero attached hydrogens (tertiary/aromatic N) is 2. The number of rotatable bonds is 5. The van der Waals surface area contributed by atoms with Gasteiger partial charge in [0.15, 0.2) is 11.5 Å². The molecule has 0 aliphatic carbocycles. The highest BCUT2D eigenvalue weighted by molar-refractivity contribution is 5.90. The zero-order chi connectivity index (χ0) is 14.5. The van der Waals surface area contributed by atoms with Crippen LogP contribution in [0.25, 0.3) is 0 Å². The summed E-state index contributed by atoms with van der Waals surface area (Å²) in [4.78, 5) is 11.9. The van der Waals surface area contributed by atoms with Crippen LogP contribution in [-0.2, 0) is 11.3 Å². The summed E-state index contributed by atoms with van der Waals surface area (Å²) in [6.07, 6.45) is 3.08. The van der Waals surface area contributed by atoms with Crippen molar-refractivity contribution in [1.29, 1.82) is 0 Å². The Morgan fingerprint density at radius 2 is 2.10 bits per heavy atom. The topological polar surface area (TPSA) is 91.4 Å². The Balaban J connectivity index is 2.04. The smallest absolute Gasteiger partial charge is 0.246 e. The van der Waals surface area contributed by atoms with Crippen LogP contribution >= 0.6 is 0 Å². The molecular weight excluding hydrogens is 260 g/mol. The molecule has 1 heterocycles. The Morgan fingerprint density at radius 1 is 1.35 bits per heavy atom. The lowest BCUT2D eigenvalue weighted by Crippen LogP contribution is -2.19. The average molecular weight is 276 g/mol. The molecule has 7 heteroatoms. The molecule has 20 heavy (non-hydrogen) atoms. The molecule has 0 spiro atoms. The van der Waals surface area contributed by atoms with Gasteiger partial charge in [0.2, 0.25) is 5.91 Å². The van der Waals surface area contributed by atoms with Gasteiger partial charge < -0.3 is 20.5 Å². The third-order valence-corrected chi connectivity index (χ3v) is 2.63. The van der Waals surface area contributed by atoms with Crippen molar-refractivity contribution >= 4 is 17.3 Å². The van der Waals surface area contributed by atoms with E-state index in [0.717, 1.165) is 0 Å². The molecule has 0 aliphatic rings. The average Bonchev–Trinajstić information content (AvgIpc) is 2.83. The lowest BCUT2D eigenvalue weighted by molar-refractivity contribution is -0.116. The van der Waals surface area contributed by atoms with Crippen molar-refractivity contribution in [3.63, 3.8) is 0 Å². The Kier molecular flexibility index (Phi) is 4.09. The van der Waals surface area contributed by atoms with Crippen LogP contribution in [0.4, 0.5) is 11.4 Å². The van der Waals surface area contributed by atoms with Gasteiger partial charge in [-0.1, -0.05) is 0 Å². The molecule has 7 nitrogen and oxygen atoms in total. The van der Waals surface area contributed by atoms with E-state index in [1.807, 2.05) is 0 Å². The molecule has 0 radical (unpaired) electrons. The third kappa shape index (κ3) is 3.19. The van der Waals surface area contributed by atoms with E-state index in [1.54, 1.807) is 31.5 Å². The first-order chi connectivity index (χ1) is 9.62. The predicted octanol–water partition coefficient (Wildman–Crippen LogP) is 1.12. The quantitative estimate of drug-likeness (QED) is 0.854. The van der Waals surface area contributed by atoms with Gasteiger partial charge in [0.1, 0.15) is 6.54 Å². The fourth-order valence-electron chi connectivity index (χ4n) is 1.73. The molecule has 0 bridgehead atoms. The number of ether oxygens (including phenoxy) is 2. The number of anilines is 2. The van der Waals surface area contributed by atoms with Crippen LogP contribution < -0.4 is 20.5 Å². The maximum absolute atomic E-state index is 11.9. The van der Waals surface area contributed by atoms with Crippen molar-refractivity contribution in [2.75, 3.05) is 25.3 Å². The van der Waals surface area contributed by atoms with Crippen molar-refractivity contribution < 1.29 is 14.3 Å². The summed E-state index contributed by atoms with van der Waals surface area (Å²) in [7, 11) is 3.09. The fraction of sp³-hybridized carbons (Fsp3) is 0.231. The number of methoxy groups -OCH3 is 2. The van der Waals surface area contributed by atoms with Gasteiger partial charge in [0.25, 0.3) is 0 Å². The maximum Gasteiger partial charge on any atom is 0.246 e. The number of amides is 1. The summed E-state index contributed by atoms with van der Waals surface area (Å²) in [6.45, 7) is 0.0888. The number of aromatic nitrogens is 2. The summed E-state index contributed by atoms with van der Waals surface area (Å²) >= 11 is 0. The minimum atomic E-state index is -0.208. The van der Waals surface area contributed by atoms with E-state index >= 15 is 0 Å². The Hall–Kier alpha value is -2.70. The monoisotopic (exact) mass is 276 g/mol. The molecule has 0 atom stereocenters. The van der Waals surface area contributed by atoms with Gasteiger partial charge in [-0.3, -0.25) is 9.48 Å². The van der Waals surface area contributed by atoms with E-state index in [0.29, 0.717) is 22.9 Å². The second-order valence-corrected chi connectivity index (χ2v) is 4.09. The van der Waals surface area contributed by atoms with Gasteiger partial charge in [-0.05, 0) is 12.1 Å². The Morgan fingerprint density at radius 3 is 2.70 bits per heavy atom. The molecule has 0 saturated carbocycles. The van der Waals surface area contributed by atoms with Crippen LogP contribution in [0.15, 0.2) is 30.6 Å². The fourth-order valence-corrected chi connectivity index (χ4v) is 1.73. The van der Waals surface area contributed by atoms with Crippen LogP contribution in [0.5, 0.6) is 11.5 Å². The number of nitrogen functional groups attached to an aromatic ring is 1. The highest BCUT2D eigenvalue weighted by atomic mass is 16.5. The van der Waals surface area contributed by atoms with E-state index in [2.05, 4.69) is 10.4 Å². The Labute approximate surface area is 116 Å². The van der Waals surface area contributed by atoms with Crippen LogP contribution in [0.2, 0.25) is 0 Å². The molecule has 0 aliphatic heterocycles. The third-order valence-electron chi connectivity index (χ3n) is 2.63. The summed E-state index contributed by atoms with van der Waals surface area (Å²) in [5.41, 5.74) is 6.67. The lowest BCUT2D eigenvalue weighted by atomic mass is 10.2. The highest BCUT2D eigenvalue weighted by Crippen LogP contribution is 2.29. The second-order valence-electron chi connectivity index (χ2n) is 4.09. The molecule has 3 N–H and O–H groups in total. The molecule has 0 unspecified atom stereocenters. The maximum atomic E-state index is 11.9. The highest BCUT2D eigenvalue weighted by Gasteiger charge is 2.08. The zero-order valence-corrected chi connectivity index (χ0v) is 11.3. The first-order valence-electron chi connectivity index (χ1n) is 5.92. The molecule has 106 valence electrons. The number of nitrogens with one attached hydrogen (secondary N) is 1. The number of carbonyl (C=O) groups excluding carboxylic acids is 1. The van der Waals surface area contributed by atoms with E-state index < -0.39 is 0 Å². The van der Waals surface area contributed by atoms with Crippen LogP contribution in [0.1, 0.15) is 0 Å². The van der Waals surface area contributed by atoms with Gasteiger partial charge in [-0.15, -0.1) is 0 Å². The van der Waals surface area contributed by atoms with E-state index in [1.165, 1.54) is 18.0 Å². The SMILES string of the molecule is COc1ccc(NC(=O)Cn2cc(N)cn2)cc1OC. The Bertz CT molecular complexity index is 609. The predicted molar refractivity (Wildman–Crippen MR) is 74.8 cm³/mol. The number of carbonyl (C=O) groups is 1. The largest absolute Gasteiger partial charge is 0.493 e. The van der Waals surface area contributed by atoms with Crippen molar-refractivity contribution in [3.05, 3.63) is 30.6 Å². The minimum absolute atomic E-state index is 0.0888. The van der Waals surface area contributed by atoms with Crippen LogP contribution in [0, 0.1) is 0 Å². The van der Waals surface area contributed by atoms with Crippen molar-refractivity contribution in [3.8, 4) is 11.5 Å².